The number of aliphatic imine (C=N–C) groups is 1. The molecule has 7 nitrogen and oxygen atoms in total. The summed E-state index contributed by atoms with van der Waals surface area (Å²) in [5.74, 6) is 1.96. The standard InChI is InChI=1S/C56H39N7/c1-3-13-34(14-4-1)35-24-26-37(27-25-35)54-58-53(36-15-5-2-6-16-36)59-55(60-54)38-17-11-18-39(33-38)61-46-30-28-42-40-19-7-9-21-44(40)62-48-23-12-32-57-56(48)63-45-22-10-8-20-41(45)43-29-31-47(61)50(52(43)63)49(46)51(42)62/h1-31,33,53,55,57,59H,32H2,(H,58,60). The molecule has 2 aliphatic rings. The van der Waals surface area contributed by atoms with E-state index in [4.69, 9.17) is 4.99 Å². The number of amidine groups is 1. The summed E-state index contributed by atoms with van der Waals surface area (Å²) in [4.78, 5) is 5.41. The fourth-order valence-electron chi connectivity index (χ4n) is 10.7. The zero-order valence-corrected chi connectivity index (χ0v) is 34.1. The highest BCUT2D eigenvalue weighted by atomic mass is 15.3. The van der Waals surface area contributed by atoms with Gasteiger partial charge in [-0.25, -0.2) is 4.99 Å². The van der Waals surface area contributed by atoms with Crippen LogP contribution in [-0.4, -0.2) is 25.7 Å². The zero-order chi connectivity index (χ0) is 41.2. The predicted molar refractivity (Wildman–Crippen MR) is 261 cm³/mol. The summed E-state index contributed by atoms with van der Waals surface area (Å²) in [6, 6.07) is 65.9. The van der Waals surface area contributed by atoms with E-state index in [-0.39, 0.29) is 12.3 Å². The lowest BCUT2D eigenvalue weighted by molar-refractivity contribution is 0.409. The number of benzene rings is 8. The Morgan fingerprint density at radius 1 is 0.492 bits per heavy atom. The first-order valence-electron chi connectivity index (χ1n) is 21.8. The summed E-state index contributed by atoms with van der Waals surface area (Å²) in [5, 5.41) is 19.0. The van der Waals surface area contributed by atoms with Crippen LogP contribution in [0, 0.1) is 0 Å². The van der Waals surface area contributed by atoms with Crippen LogP contribution in [-0.2, 0) is 0 Å². The van der Waals surface area contributed by atoms with Crippen LogP contribution in [0.4, 0.5) is 5.82 Å². The van der Waals surface area contributed by atoms with Gasteiger partial charge in [-0.05, 0) is 64.7 Å². The van der Waals surface area contributed by atoms with Crippen LogP contribution in [0.25, 0.3) is 88.3 Å². The lowest BCUT2D eigenvalue weighted by Gasteiger charge is -2.32. The van der Waals surface area contributed by atoms with Gasteiger partial charge in [0.1, 0.15) is 24.0 Å². The fourth-order valence-corrected chi connectivity index (χ4v) is 10.7. The Morgan fingerprint density at radius 3 is 1.83 bits per heavy atom. The van der Waals surface area contributed by atoms with E-state index in [0.717, 1.165) is 46.3 Å². The lowest BCUT2D eigenvalue weighted by atomic mass is 10.0. The number of nitrogens with one attached hydrogen (secondary N) is 3. The summed E-state index contributed by atoms with van der Waals surface area (Å²) >= 11 is 0. The minimum absolute atomic E-state index is 0.150. The average Bonchev–Trinajstić information content (AvgIpc) is 4.00. The molecule has 12 aromatic rings. The van der Waals surface area contributed by atoms with Crippen LogP contribution in [0.2, 0.25) is 0 Å². The van der Waals surface area contributed by atoms with Crippen LogP contribution < -0.4 is 16.0 Å². The summed E-state index contributed by atoms with van der Waals surface area (Å²) in [7, 11) is 0. The number of nitrogens with zero attached hydrogens (tertiary/aromatic N) is 4. The van der Waals surface area contributed by atoms with Crippen LogP contribution in [0.3, 0.4) is 0 Å². The Morgan fingerprint density at radius 2 is 1.10 bits per heavy atom. The Hall–Kier alpha value is -8.13. The molecule has 8 aromatic carbocycles. The quantitative estimate of drug-likeness (QED) is 0.162. The molecule has 4 aromatic heterocycles. The lowest BCUT2D eigenvalue weighted by Crippen LogP contribution is -2.44. The molecule has 0 saturated heterocycles. The maximum atomic E-state index is 5.41. The summed E-state index contributed by atoms with van der Waals surface area (Å²) in [6.45, 7) is 0.759. The number of anilines is 1. The largest absolute Gasteiger partial charge is 0.366 e. The molecule has 0 bridgehead atoms. The van der Waals surface area contributed by atoms with Gasteiger partial charge in [0.15, 0.2) is 0 Å². The monoisotopic (exact) mass is 809 g/mol. The van der Waals surface area contributed by atoms with E-state index in [1.165, 1.54) is 76.5 Å². The van der Waals surface area contributed by atoms with Crippen LogP contribution >= 0.6 is 0 Å². The first-order valence-corrected chi connectivity index (χ1v) is 21.8. The number of hydrogen-bond acceptors (Lipinski definition) is 4. The van der Waals surface area contributed by atoms with Crippen molar-refractivity contribution in [3.8, 4) is 16.8 Å². The highest BCUT2D eigenvalue weighted by Crippen LogP contribution is 2.47. The fraction of sp³-hybridized carbons (Fsp3) is 0.0536. The van der Waals surface area contributed by atoms with Crippen molar-refractivity contribution in [3.63, 3.8) is 0 Å². The Kier molecular flexibility index (Phi) is 7.23. The van der Waals surface area contributed by atoms with Gasteiger partial charge < -0.3 is 19.6 Å². The second-order valence-corrected chi connectivity index (χ2v) is 16.8. The molecule has 63 heavy (non-hydrogen) atoms. The summed E-state index contributed by atoms with van der Waals surface area (Å²) in [6.07, 6.45) is 4.09. The number of para-hydroxylation sites is 2. The highest BCUT2D eigenvalue weighted by molar-refractivity contribution is 6.33. The first-order chi connectivity index (χ1) is 31.3. The summed E-state index contributed by atoms with van der Waals surface area (Å²) in [5.41, 5.74) is 15.1. The van der Waals surface area contributed by atoms with Crippen molar-refractivity contribution < 1.29 is 0 Å². The van der Waals surface area contributed by atoms with E-state index in [2.05, 4.69) is 223 Å². The molecule has 0 fully saturated rings. The summed E-state index contributed by atoms with van der Waals surface area (Å²) < 4.78 is 7.48. The molecule has 298 valence electrons. The Labute approximate surface area is 362 Å². The maximum Gasteiger partial charge on any atom is 0.136 e. The smallest absolute Gasteiger partial charge is 0.136 e. The molecule has 0 saturated carbocycles. The average molecular weight is 810 g/mol. The van der Waals surface area contributed by atoms with Crippen molar-refractivity contribution in [2.45, 2.75) is 12.3 Å². The molecular formula is C56H39N7. The third kappa shape index (κ3) is 4.96. The molecular weight excluding hydrogens is 771 g/mol. The van der Waals surface area contributed by atoms with Crippen LogP contribution in [0.15, 0.2) is 193 Å². The van der Waals surface area contributed by atoms with Gasteiger partial charge in [-0.15, -0.1) is 0 Å². The van der Waals surface area contributed by atoms with Crippen molar-refractivity contribution in [3.05, 3.63) is 210 Å². The van der Waals surface area contributed by atoms with Crippen molar-refractivity contribution in [2.75, 3.05) is 11.9 Å². The number of hydrogen-bond donors (Lipinski definition) is 3. The molecule has 2 aliphatic heterocycles. The Bertz CT molecular complexity index is 3850. The third-order valence-corrected chi connectivity index (χ3v) is 13.4. The minimum atomic E-state index is -0.312. The minimum Gasteiger partial charge on any atom is -0.366 e. The van der Waals surface area contributed by atoms with Crippen molar-refractivity contribution in [2.24, 2.45) is 4.99 Å². The van der Waals surface area contributed by atoms with Crippen molar-refractivity contribution >= 4 is 83.1 Å². The topological polar surface area (TPSA) is 62.2 Å². The van der Waals surface area contributed by atoms with E-state index in [0.29, 0.717) is 0 Å². The molecule has 0 aliphatic carbocycles. The molecule has 7 heteroatoms. The Balaban J connectivity index is 1.02. The van der Waals surface area contributed by atoms with E-state index in [1.807, 2.05) is 0 Å². The van der Waals surface area contributed by atoms with Crippen molar-refractivity contribution in [1.29, 1.82) is 0 Å². The molecule has 6 heterocycles. The molecule has 0 amide bonds. The molecule has 0 radical (unpaired) electrons. The maximum absolute atomic E-state index is 5.41. The second-order valence-electron chi connectivity index (χ2n) is 16.8. The van der Waals surface area contributed by atoms with Gasteiger partial charge in [-0.3, -0.25) is 9.72 Å². The molecule has 0 spiro atoms. The molecule has 14 rings (SSSR count). The van der Waals surface area contributed by atoms with Gasteiger partial charge in [0.25, 0.3) is 0 Å². The molecule has 3 N–H and O–H groups in total. The normalized spacial score (nSPS) is 16.4. The van der Waals surface area contributed by atoms with Gasteiger partial charge in [-0.1, -0.05) is 152 Å². The second kappa shape index (κ2) is 13.2. The van der Waals surface area contributed by atoms with Crippen molar-refractivity contribution in [1.82, 2.24) is 24.0 Å². The molecule has 2 atom stereocenters. The molecule has 2 unspecified atom stereocenters. The van der Waals surface area contributed by atoms with E-state index >= 15 is 0 Å². The van der Waals surface area contributed by atoms with E-state index < -0.39 is 0 Å². The van der Waals surface area contributed by atoms with Gasteiger partial charge in [0.05, 0.1) is 38.8 Å². The van der Waals surface area contributed by atoms with Gasteiger partial charge in [-0.2, -0.15) is 0 Å². The van der Waals surface area contributed by atoms with E-state index in [9.17, 15) is 0 Å². The SMILES string of the molecule is C1=Cc2c(n3c4ccccc4c4ccc5c(c6c(ccc7c8ccccc8n2c76)n5-c2cccc(C5N=C(c6ccc(-c7ccccc7)cc6)NC(c6ccccc6)N5)c2)c43)NC1. The van der Waals surface area contributed by atoms with Gasteiger partial charge in [0.2, 0.25) is 0 Å². The first kappa shape index (κ1) is 34.6. The number of rotatable bonds is 5. The van der Waals surface area contributed by atoms with Gasteiger partial charge >= 0.3 is 0 Å². The predicted octanol–water partition coefficient (Wildman–Crippen LogP) is 12.6. The third-order valence-electron chi connectivity index (χ3n) is 13.4. The highest BCUT2D eigenvalue weighted by Gasteiger charge is 2.29. The van der Waals surface area contributed by atoms with Crippen LogP contribution in [0.1, 0.15) is 34.7 Å². The van der Waals surface area contributed by atoms with Crippen LogP contribution in [0.5, 0.6) is 0 Å². The number of fused-ring (bicyclic) bond motifs is 9. The number of aromatic nitrogens is 3. The zero-order valence-electron chi connectivity index (χ0n) is 34.1. The van der Waals surface area contributed by atoms with Gasteiger partial charge in [0, 0.05) is 50.1 Å². The van der Waals surface area contributed by atoms with E-state index in [1.54, 1.807) is 0 Å².